The molecule has 0 spiro atoms. The predicted molar refractivity (Wildman–Crippen MR) is 83.7 cm³/mol. The summed E-state index contributed by atoms with van der Waals surface area (Å²) < 4.78 is 12.4. The van der Waals surface area contributed by atoms with Crippen LogP contribution in [-0.2, 0) is 0 Å². The van der Waals surface area contributed by atoms with Crippen LogP contribution < -0.4 is 0 Å². The molecule has 0 N–H and O–H groups in total. The Morgan fingerprint density at radius 2 is 1.05 bits per heavy atom. The van der Waals surface area contributed by atoms with Gasteiger partial charge in [0.1, 0.15) is 5.82 Å². The Morgan fingerprint density at radius 1 is 0.619 bits per heavy atom. The van der Waals surface area contributed by atoms with Gasteiger partial charge in [0.05, 0.1) is 5.56 Å². The average Bonchev–Trinajstić information content (AvgIpc) is 2.58. The maximum absolute atomic E-state index is 12.4. The van der Waals surface area contributed by atoms with Crippen LogP contribution in [0.5, 0.6) is 0 Å². The zero-order valence-corrected chi connectivity index (χ0v) is 11.4. The van der Waals surface area contributed by atoms with Gasteiger partial charge < -0.3 is 0 Å². The fourth-order valence-corrected chi connectivity index (χ4v) is 1.83. The van der Waals surface area contributed by atoms with Crippen LogP contribution in [0.4, 0.5) is 4.39 Å². The molecule has 2 heteroatoms. The molecule has 0 amide bonds. The minimum Gasteiger partial charge on any atom is -0.298 e. The van der Waals surface area contributed by atoms with Crippen LogP contribution in [-0.4, -0.2) is 6.29 Å². The molecule has 0 saturated carbocycles. The van der Waals surface area contributed by atoms with Gasteiger partial charge in [0.2, 0.25) is 0 Å². The highest BCUT2D eigenvalue weighted by Crippen LogP contribution is 2.17. The van der Waals surface area contributed by atoms with Crippen LogP contribution in [0, 0.1) is 5.82 Å². The fraction of sp³-hybridized carbons (Fsp3) is 0. The van der Waals surface area contributed by atoms with Gasteiger partial charge in [-0.1, -0.05) is 72.8 Å². The Bertz CT molecular complexity index is 641. The van der Waals surface area contributed by atoms with Gasteiger partial charge in [-0.05, 0) is 23.3 Å². The molecule has 0 heterocycles. The number of hydrogen-bond donors (Lipinski definition) is 0. The summed E-state index contributed by atoms with van der Waals surface area (Å²) in [5, 5.41) is 0. The summed E-state index contributed by atoms with van der Waals surface area (Å²) in [5.41, 5.74) is 2.66. The van der Waals surface area contributed by atoms with Crippen LogP contribution in [0.25, 0.3) is 11.1 Å². The van der Waals surface area contributed by atoms with Crippen molar-refractivity contribution in [2.75, 3.05) is 0 Å². The second kappa shape index (κ2) is 7.75. The first-order chi connectivity index (χ1) is 10.3. The Labute approximate surface area is 123 Å². The number of hydrogen-bond acceptors (Lipinski definition) is 1. The molecule has 0 saturated heterocycles. The standard InChI is InChI=1S/C12H10.C7H5FO/c1-3-7-11(8-4-1)12-9-5-2-6-10-12;8-7-4-2-1-3-6(7)5-9/h1-10H;1-5H. The van der Waals surface area contributed by atoms with Crippen molar-refractivity contribution in [1.29, 1.82) is 0 Å². The summed E-state index contributed by atoms with van der Waals surface area (Å²) in [7, 11) is 0. The summed E-state index contributed by atoms with van der Waals surface area (Å²) in [6.07, 6.45) is 0.495. The number of benzene rings is 3. The van der Waals surface area contributed by atoms with Crippen molar-refractivity contribution < 1.29 is 9.18 Å². The van der Waals surface area contributed by atoms with Crippen LogP contribution in [0.1, 0.15) is 10.4 Å². The molecular formula is C19H15FO. The van der Waals surface area contributed by atoms with Crippen molar-refractivity contribution in [1.82, 2.24) is 0 Å². The first-order valence-corrected chi connectivity index (χ1v) is 6.61. The van der Waals surface area contributed by atoms with Crippen LogP contribution in [0.2, 0.25) is 0 Å². The summed E-state index contributed by atoms with van der Waals surface area (Å²) >= 11 is 0. The van der Waals surface area contributed by atoms with E-state index < -0.39 is 5.82 Å². The lowest BCUT2D eigenvalue weighted by molar-refractivity contribution is 0.112. The molecule has 21 heavy (non-hydrogen) atoms. The van der Waals surface area contributed by atoms with E-state index in [0.29, 0.717) is 6.29 Å². The lowest BCUT2D eigenvalue weighted by atomic mass is 10.1. The van der Waals surface area contributed by atoms with E-state index in [1.807, 2.05) is 12.1 Å². The lowest BCUT2D eigenvalue weighted by Crippen LogP contribution is -1.83. The van der Waals surface area contributed by atoms with E-state index in [9.17, 15) is 9.18 Å². The summed E-state index contributed by atoms with van der Waals surface area (Å²) in [5.74, 6) is -0.465. The molecule has 0 aliphatic heterocycles. The summed E-state index contributed by atoms with van der Waals surface area (Å²) in [4.78, 5) is 9.99. The highest BCUT2D eigenvalue weighted by atomic mass is 19.1. The molecule has 0 unspecified atom stereocenters. The highest BCUT2D eigenvalue weighted by molar-refractivity contribution is 5.74. The van der Waals surface area contributed by atoms with E-state index in [4.69, 9.17) is 0 Å². The summed E-state index contributed by atoms with van der Waals surface area (Å²) in [6, 6.07) is 26.6. The minimum atomic E-state index is -0.465. The van der Waals surface area contributed by atoms with E-state index >= 15 is 0 Å². The zero-order chi connectivity index (χ0) is 14.9. The largest absolute Gasteiger partial charge is 0.298 e. The molecule has 0 fully saturated rings. The van der Waals surface area contributed by atoms with Gasteiger partial charge in [0, 0.05) is 0 Å². The third-order valence-electron chi connectivity index (χ3n) is 2.91. The number of rotatable bonds is 2. The smallest absolute Gasteiger partial charge is 0.152 e. The van der Waals surface area contributed by atoms with E-state index in [-0.39, 0.29) is 5.56 Å². The number of carbonyl (C=O) groups is 1. The van der Waals surface area contributed by atoms with Crippen molar-refractivity contribution in [3.8, 4) is 11.1 Å². The number of carbonyl (C=O) groups excluding carboxylic acids is 1. The zero-order valence-electron chi connectivity index (χ0n) is 11.4. The Hall–Kier alpha value is -2.74. The molecular weight excluding hydrogens is 263 g/mol. The third-order valence-corrected chi connectivity index (χ3v) is 2.91. The van der Waals surface area contributed by atoms with Crippen LogP contribution >= 0.6 is 0 Å². The van der Waals surface area contributed by atoms with Gasteiger partial charge >= 0.3 is 0 Å². The Balaban J connectivity index is 0.000000161. The number of aldehydes is 1. The van der Waals surface area contributed by atoms with Gasteiger partial charge in [-0.25, -0.2) is 4.39 Å². The van der Waals surface area contributed by atoms with Gasteiger partial charge in [-0.15, -0.1) is 0 Å². The number of halogens is 1. The van der Waals surface area contributed by atoms with Gasteiger partial charge in [0.15, 0.2) is 6.29 Å². The highest BCUT2D eigenvalue weighted by Gasteiger charge is 1.94. The van der Waals surface area contributed by atoms with Crippen LogP contribution in [0.15, 0.2) is 84.9 Å². The predicted octanol–water partition coefficient (Wildman–Crippen LogP) is 4.99. The van der Waals surface area contributed by atoms with E-state index in [1.165, 1.54) is 23.3 Å². The summed E-state index contributed by atoms with van der Waals surface area (Å²) in [6.45, 7) is 0. The van der Waals surface area contributed by atoms with Gasteiger partial charge in [0.25, 0.3) is 0 Å². The first kappa shape index (κ1) is 14.7. The topological polar surface area (TPSA) is 17.1 Å². The maximum Gasteiger partial charge on any atom is 0.152 e. The normalized spacial score (nSPS) is 9.38. The Kier molecular flexibility index (Phi) is 5.41. The van der Waals surface area contributed by atoms with Crippen molar-refractivity contribution in [3.63, 3.8) is 0 Å². The quantitative estimate of drug-likeness (QED) is 0.603. The van der Waals surface area contributed by atoms with Crippen molar-refractivity contribution in [2.24, 2.45) is 0 Å². The third kappa shape index (κ3) is 4.39. The molecule has 0 aliphatic carbocycles. The van der Waals surface area contributed by atoms with Crippen molar-refractivity contribution in [2.45, 2.75) is 0 Å². The van der Waals surface area contributed by atoms with E-state index in [1.54, 1.807) is 12.1 Å². The molecule has 0 aromatic heterocycles. The molecule has 0 radical (unpaired) electrons. The van der Waals surface area contributed by atoms with E-state index in [2.05, 4.69) is 48.5 Å². The van der Waals surface area contributed by atoms with E-state index in [0.717, 1.165) is 0 Å². The monoisotopic (exact) mass is 278 g/mol. The molecule has 0 aliphatic rings. The molecule has 3 aromatic rings. The van der Waals surface area contributed by atoms with Crippen molar-refractivity contribution >= 4 is 6.29 Å². The molecule has 3 aromatic carbocycles. The van der Waals surface area contributed by atoms with Crippen LogP contribution in [0.3, 0.4) is 0 Å². The van der Waals surface area contributed by atoms with Crippen molar-refractivity contribution in [3.05, 3.63) is 96.3 Å². The second-order valence-electron chi connectivity index (χ2n) is 4.37. The lowest BCUT2D eigenvalue weighted by Gasteiger charge is -1.98. The molecule has 104 valence electrons. The van der Waals surface area contributed by atoms with Gasteiger partial charge in [-0.3, -0.25) is 4.79 Å². The average molecular weight is 278 g/mol. The Morgan fingerprint density at radius 3 is 1.43 bits per heavy atom. The first-order valence-electron chi connectivity index (χ1n) is 6.61. The molecule has 1 nitrogen and oxygen atoms in total. The molecule has 0 bridgehead atoms. The second-order valence-corrected chi connectivity index (χ2v) is 4.37. The van der Waals surface area contributed by atoms with Gasteiger partial charge in [-0.2, -0.15) is 0 Å². The minimum absolute atomic E-state index is 0.109. The maximum atomic E-state index is 12.4. The fourth-order valence-electron chi connectivity index (χ4n) is 1.83. The molecule has 3 rings (SSSR count). The SMILES string of the molecule is O=Cc1ccccc1F.c1ccc(-c2ccccc2)cc1. The molecule has 0 atom stereocenters.